The largest absolute Gasteiger partial charge is 0.495 e. The van der Waals surface area contributed by atoms with E-state index in [1.807, 2.05) is 37.3 Å². The van der Waals surface area contributed by atoms with E-state index in [1.54, 1.807) is 18.2 Å². The van der Waals surface area contributed by atoms with E-state index in [0.717, 1.165) is 16.1 Å². The Hall–Kier alpha value is -2.98. The summed E-state index contributed by atoms with van der Waals surface area (Å²) in [7, 11) is -2.52. The van der Waals surface area contributed by atoms with Crippen molar-refractivity contribution in [1.29, 1.82) is 0 Å². The average molecular weight is 641 g/mol. The molecule has 2 amide bonds. The van der Waals surface area contributed by atoms with Crippen molar-refractivity contribution in [1.82, 2.24) is 10.2 Å². The standard InChI is InChI=1S/C29H32Cl3N3O5S/c1-4-15-33-29(37)26(16-20-9-6-5-7-10-20)34(18-22-23(30)11-8-12-24(22)31)28(36)19-35(41(3,38)39)21-13-14-27(40-2)25(32)17-21/h5-14,17,26H,4,15-16,18-19H2,1-3H3,(H,33,37)/t26-/m0/s1. The Morgan fingerprint density at radius 3 is 2.17 bits per heavy atom. The highest BCUT2D eigenvalue weighted by Crippen LogP contribution is 2.31. The van der Waals surface area contributed by atoms with Gasteiger partial charge >= 0.3 is 0 Å². The molecule has 0 aliphatic rings. The average Bonchev–Trinajstić information content (AvgIpc) is 2.93. The van der Waals surface area contributed by atoms with Gasteiger partial charge in [-0.25, -0.2) is 8.42 Å². The summed E-state index contributed by atoms with van der Waals surface area (Å²) in [4.78, 5) is 29.0. The van der Waals surface area contributed by atoms with Crippen LogP contribution < -0.4 is 14.4 Å². The summed E-state index contributed by atoms with van der Waals surface area (Å²) in [5, 5.41) is 3.67. The van der Waals surface area contributed by atoms with Gasteiger partial charge in [0.15, 0.2) is 0 Å². The lowest BCUT2D eigenvalue weighted by molar-refractivity contribution is -0.140. The number of carbonyl (C=O) groups excluding carboxylic acids is 2. The van der Waals surface area contributed by atoms with Crippen LogP contribution in [0.15, 0.2) is 66.7 Å². The van der Waals surface area contributed by atoms with Crippen molar-refractivity contribution in [2.45, 2.75) is 32.4 Å². The van der Waals surface area contributed by atoms with Crippen LogP contribution in [-0.4, -0.2) is 57.6 Å². The predicted molar refractivity (Wildman–Crippen MR) is 164 cm³/mol. The number of ether oxygens (including phenoxy) is 1. The lowest BCUT2D eigenvalue weighted by atomic mass is 10.0. The number of methoxy groups -OCH3 is 1. The second-order valence-electron chi connectivity index (χ2n) is 9.31. The summed E-state index contributed by atoms with van der Waals surface area (Å²) < 4.78 is 31.9. The highest BCUT2D eigenvalue weighted by molar-refractivity contribution is 7.92. The molecule has 0 aromatic heterocycles. The molecule has 1 N–H and O–H groups in total. The highest BCUT2D eigenvalue weighted by atomic mass is 35.5. The van der Waals surface area contributed by atoms with Gasteiger partial charge in [-0.05, 0) is 42.3 Å². The highest BCUT2D eigenvalue weighted by Gasteiger charge is 2.33. The van der Waals surface area contributed by atoms with Crippen LogP contribution in [0.4, 0.5) is 5.69 Å². The fourth-order valence-electron chi connectivity index (χ4n) is 4.20. The van der Waals surface area contributed by atoms with E-state index in [0.29, 0.717) is 34.3 Å². The summed E-state index contributed by atoms with van der Waals surface area (Å²) in [6, 6.07) is 17.6. The van der Waals surface area contributed by atoms with Crippen molar-refractivity contribution in [2.24, 2.45) is 0 Å². The summed E-state index contributed by atoms with van der Waals surface area (Å²) >= 11 is 19.2. The Bertz CT molecular complexity index is 1450. The van der Waals surface area contributed by atoms with E-state index >= 15 is 0 Å². The lowest BCUT2D eigenvalue weighted by Crippen LogP contribution is -2.53. The Morgan fingerprint density at radius 2 is 1.61 bits per heavy atom. The maximum Gasteiger partial charge on any atom is 0.244 e. The smallest absolute Gasteiger partial charge is 0.244 e. The molecule has 3 aromatic carbocycles. The number of carbonyl (C=O) groups is 2. The molecule has 0 unspecified atom stereocenters. The number of anilines is 1. The molecule has 220 valence electrons. The van der Waals surface area contributed by atoms with Gasteiger partial charge in [-0.3, -0.25) is 13.9 Å². The van der Waals surface area contributed by atoms with Crippen LogP contribution in [0.2, 0.25) is 15.1 Å². The SMILES string of the molecule is CCCNC(=O)[C@H](Cc1ccccc1)N(Cc1c(Cl)cccc1Cl)C(=O)CN(c1ccc(OC)c(Cl)c1)S(C)(=O)=O. The summed E-state index contributed by atoms with van der Waals surface area (Å²) in [6.45, 7) is 1.59. The van der Waals surface area contributed by atoms with Crippen molar-refractivity contribution in [3.8, 4) is 5.75 Å². The maximum absolute atomic E-state index is 14.1. The minimum absolute atomic E-state index is 0.130. The van der Waals surface area contributed by atoms with E-state index in [2.05, 4.69) is 5.32 Å². The van der Waals surface area contributed by atoms with Crippen LogP contribution in [-0.2, 0) is 32.6 Å². The van der Waals surface area contributed by atoms with Gasteiger partial charge in [0.25, 0.3) is 0 Å². The minimum Gasteiger partial charge on any atom is -0.495 e. The number of hydrogen-bond donors (Lipinski definition) is 1. The van der Waals surface area contributed by atoms with Crippen molar-refractivity contribution in [3.63, 3.8) is 0 Å². The zero-order chi connectivity index (χ0) is 30.2. The van der Waals surface area contributed by atoms with E-state index in [-0.39, 0.29) is 29.6 Å². The number of nitrogens with one attached hydrogen (secondary N) is 1. The lowest BCUT2D eigenvalue weighted by Gasteiger charge is -2.34. The molecule has 0 spiro atoms. The van der Waals surface area contributed by atoms with Crippen LogP contribution in [0.3, 0.4) is 0 Å². The molecule has 3 rings (SSSR count). The molecular formula is C29H32Cl3N3O5S. The topological polar surface area (TPSA) is 96.0 Å². The first-order valence-electron chi connectivity index (χ1n) is 12.8. The fraction of sp³-hybridized carbons (Fsp3) is 0.310. The molecule has 0 saturated carbocycles. The van der Waals surface area contributed by atoms with Gasteiger partial charge in [-0.15, -0.1) is 0 Å². The first kappa shape index (κ1) is 32.5. The van der Waals surface area contributed by atoms with Crippen molar-refractivity contribution < 1.29 is 22.7 Å². The molecule has 41 heavy (non-hydrogen) atoms. The molecule has 0 saturated heterocycles. The van der Waals surface area contributed by atoms with Gasteiger partial charge in [0.2, 0.25) is 21.8 Å². The molecule has 0 aliphatic heterocycles. The molecule has 3 aromatic rings. The van der Waals surface area contributed by atoms with Gasteiger partial charge in [-0.2, -0.15) is 0 Å². The maximum atomic E-state index is 14.1. The van der Waals surface area contributed by atoms with Crippen molar-refractivity contribution in [2.75, 3.05) is 30.8 Å². The van der Waals surface area contributed by atoms with Gasteiger partial charge in [-0.1, -0.05) is 78.1 Å². The number of sulfonamides is 1. The Morgan fingerprint density at radius 1 is 0.951 bits per heavy atom. The van der Waals surface area contributed by atoms with E-state index in [1.165, 1.54) is 30.2 Å². The van der Waals surface area contributed by atoms with Crippen LogP contribution in [0.25, 0.3) is 0 Å². The third-order valence-corrected chi connectivity index (χ3v) is 8.46. The van der Waals surface area contributed by atoms with Crippen LogP contribution in [0.5, 0.6) is 5.75 Å². The number of benzene rings is 3. The van der Waals surface area contributed by atoms with E-state index in [9.17, 15) is 18.0 Å². The molecule has 1 atom stereocenters. The summed E-state index contributed by atoms with van der Waals surface area (Å²) in [5.41, 5.74) is 1.41. The second-order valence-corrected chi connectivity index (χ2v) is 12.4. The molecule has 0 aliphatic carbocycles. The van der Waals surface area contributed by atoms with Crippen LogP contribution in [0, 0.1) is 0 Å². The van der Waals surface area contributed by atoms with E-state index < -0.39 is 28.5 Å². The van der Waals surface area contributed by atoms with Crippen LogP contribution in [0.1, 0.15) is 24.5 Å². The van der Waals surface area contributed by atoms with Gasteiger partial charge < -0.3 is 15.0 Å². The first-order chi connectivity index (χ1) is 19.5. The predicted octanol–water partition coefficient (Wildman–Crippen LogP) is 5.59. The Balaban J connectivity index is 2.10. The number of nitrogens with zero attached hydrogens (tertiary/aromatic N) is 2. The normalized spacial score (nSPS) is 12.0. The van der Waals surface area contributed by atoms with Gasteiger partial charge in [0, 0.05) is 35.1 Å². The summed E-state index contributed by atoms with van der Waals surface area (Å²) in [5.74, 6) is -0.669. The van der Waals surface area contributed by atoms with Gasteiger partial charge in [0.05, 0.1) is 24.1 Å². The molecule has 0 bridgehead atoms. The molecule has 0 radical (unpaired) electrons. The molecule has 8 nitrogen and oxygen atoms in total. The third-order valence-electron chi connectivity index (χ3n) is 6.31. The molecule has 0 fully saturated rings. The Kier molecular flexibility index (Phi) is 11.7. The molecule has 0 heterocycles. The second kappa shape index (κ2) is 14.8. The Labute approximate surface area is 256 Å². The van der Waals surface area contributed by atoms with Crippen molar-refractivity contribution >= 4 is 62.3 Å². The number of amides is 2. The number of halogens is 3. The zero-order valence-corrected chi connectivity index (χ0v) is 26.0. The minimum atomic E-state index is -3.96. The quantitative estimate of drug-likeness (QED) is 0.263. The van der Waals surface area contributed by atoms with Crippen LogP contribution >= 0.6 is 34.8 Å². The fourth-order valence-corrected chi connectivity index (χ4v) is 5.81. The van der Waals surface area contributed by atoms with Gasteiger partial charge in [0.1, 0.15) is 18.3 Å². The summed E-state index contributed by atoms with van der Waals surface area (Å²) in [6.07, 6.45) is 1.86. The molecule has 12 heteroatoms. The third kappa shape index (κ3) is 8.75. The zero-order valence-electron chi connectivity index (χ0n) is 22.9. The van der Waals surface area contributed by atoms with E-state index in [4.69, 9.17) is 39.5 Å². The monoisotopic (exact) mass is 639 g/mol. The molecular weight excluding hydrogens is 609 g/mol. The number of hydrogen-bond acceptors (Lipinski definition) is 5. The number of rotatable bonds is 13. The first-order valence-corrected chi connectivity index (χ1v) is 15.8. The van der Waals surface area contributed by atoms with Crippen molar-refractivity contribution in [3.05, 3.63) is 92.9 Å².